The maximum Gasteiger partial charge on any atom is 0.134 e. The minimum absolute atomic E-state index is 0.111. The Morgan fingerprint density at radius 3 is 2.72 bits per heavy atom. The molecular formula is C14H13BrFNO. The zero-order chi connectivity index (χ0) is 13.1. The zero-order valence-corrected chi connectivity index (χ0v) is 11.5. The highest BCUT2D eigenvalue weighted by atomic mass is 79.9. The van der Waals surface area contributed by atoms with E-state index in [0.717, 1.165) is 10.0 Å². The monoisotopic (exact) mass is 309 g/mol. The Labute approximate surface area is 114 Å². The van der Waals surface area contributed by atoms with Crippen molar-refractivity contribution < 1.29 is 9.13 Å². The molecule has 0 fully saturated rings. The van der Waals surface area contributed by atoms with Gasteiger partial charge >= 0.3 is 0 Å². The van der Waals surface area contributed by atoms with E-state index in [1.54, 1.807) is 12.1 Å². The largest absolute Gasteiger partial charge is 0.488 e. The Bertz CT molecular complexity index is 551. The number of halogens is 2. The first-order valence-corrected chi connectivity index (χ1v) is 6.29. The highest BCUT2D eigenvalue weighted by molar-refractivity contribution is 9.10. The Balaban J connectivity index is 2.16. The summed E-state index contributed by atoms with van der Waals surface area (Å²) < 4.78 is 20.0. The van der Waals surface area contributed by atoms with Crippen LogP contribution in [0.1, 0.15) is 11.1 Å². The van der Waals surface area contributed by atoms with Crippen molar-refractivity contribution in [3.63, 3.8) is 0 Å². The maximum absolute atomic E-state index is 13.5. The molecule has 0 aromatic heterocycles. The van der Waals surface area contributed by atoms with Crippen molar-refractivity contribution in [3.05, 3.63) is 57.8 Å². The second kappa shape index (κ2) is 5.40. The van der Waals surface area contributed by atoms with E-state index in [9.17, 15) is 4.39 Å². The van der Waals surface area contributed by atoms with Crippen LogP contribution in [0.3, 0.4) is 0 Å². The third kappa shape index (κ3) is 2.82. The first-order valence-electron chi connectivity index (χ1n) is 5.50. The van der Waals surface area contributed by atoms with Gasteiger partial charge in [-0.25, -0.2) is 4.39 Å². The van der Waals surface area contributed by atoms with E-state index in [-0.39, 0.29) is 12.4 Å². The topological polar surface area (TPSA) is 35.2 Å². The van der Waals surface area contributed by atoms with Gasteiger partial charge in [0, 0.05) is 11.3 Å². The number of hydrogen-bond acceptors (Lipinski definition) is 2. The first-order chi connectivity index (χ1) is 8.58. The van der Waals surface area contributed by atoms with E-state index in [0.29, 0.717) is 17.0 Å². The molecule has 18 heavy (non-hydrogen) atoms. The number of nitrogen functional groups attached to an aromatic ring is 1. The molecule has 94 valence electrons. The van der Waals surface area contributed by atoms with Gasteiger partial charge in [0.15, 0.2) is 0 Å². The van der Waals surface area contributed by atoms with Crippen molar-refractivity contribution >= 4 is 21.6 Å². The van der Waals surface area contributed by atoms with Crippen molar-refractivity contribution in [1.82, 2.24) is 0 Å². The average Bonchev–Trinajstić information content (AvgIpc) is 2.31. The van der Waals surface area contributed by atoms with Crippen molar-refractivity contribution in [3.8, 4) is 5.75 Å². The summed E-state index contributed by atoms with van der Waals surface area (Å²) in [5.74, 6) is 0.321. The Morgan fingerprint density at radius 2 is 2.06 bits per heavy atom. The summed E-state index contributed by atoms with van der Waals surface area (Å²) in [5.41, 5.74) is 7.62. The van der Waals surface area contributed by atoms with Gasteiger partial charge in [0.05, 0.1) is 4.47 Å². The standard InChI is InChI=1S/C14H13BrFNO/c1-9-5-6-14(11(15)7-9)18-8-10-12(16)3-2-4-13(10)17/h2-7H,8,17H2,1H3. The summed E-state index contributed by atoms with van der Waals surface area (Å²) in [6.45, 7) is 2.10. The number of ether oxygens (including phenoxy) is 1. The molecule has 0 aliphatic carbocycles. The molecule has 0 saturated carbocycles. The van der Waals surface area contributed by atoms with Crippen LogP contribution in [-0.2, 0) is 6.61 Å². The normalized spacial score (nSPS) is 10.4. The molecule has 0 unspecified atom stereocenters. The molecule has 0 atom stereocenters. The lowest BCUT2D eigenvalue weighted by atomic mass is 10.2. The van der Waals surface area contributed by atoms with Gasteiger partial charge in [0.1, 0.15) is 18.2 Å². The van der Waals surface area contributed by atoms with Gasteiger partial charge in [0.2, 0.25) is 0 Å². The second-order valence-electron chi connectivity index (χ2n) is 4.03. The molecule has 0 saturated heterocycles. The minimum Gasteiger partial charge on any atom is -0.488 e. The van der Waals surface area contributed by atoms with Crippen LogP contribution < -0.4 is 10.5 Å². The molecular weight excluding hydrogens is 297 g/mol. The van der Waals surface area contributed by atoms with Crippen LogP contribution in [0.2, 0.25) is 0 Å². The molecule has 2 nitrogen and oxygen atoms in total. The van der Waals surface area contributed by atoms with Crippen LogP contribution in [0, 0.1) is 12.7 Å². The van der Waals surface area contributed by atoms with E-state index in [2.05, 4.69) is 15.9 Å². The molecule has 2 aromatic rings. The quantitative estimate of drug-likeness (QED) is 0.868. The van der Waals surface area contributed by atoms with E-state index in [1.165, 1.54) is 6.07 Å². The van der Waals surface area contributed by atoms with Crippen molar-refractivity contribution in [2.24, 2.45) is 0 Å². The van der Waals surface area contributed by atoms with Crippen molar-refractivity contribution in [1.29, 1.82) is 0 Å². The zero-order valence-electron chi connectivity index (χ0n) is 9.91. The molecule has 0 amide bonds. The fraction of sp³-hybridized carbons (Fsp3) is 0.143. The fourth-order valence-corrected chi connectivity index (χ4v) is 2.21. The third-order valence-corrected chi connectivity index (χ3v) is 3.23. The molecule has 0 spiro atoms. The number of benzene rings is 2. The third-order valence-electron chi connectivity index (χ3n) is 2.61. The predicted octanol–water partition coefficient (Wildman–Crippen LogP) is 4.06. The predicted molar refractivity (Wildman–Crippen MR) is 74.0 cm³/mol. The summed E-state index contributed by atoms with van der Waals surface area (Å²) in [6.07, 6.45) is 0. The summed E-state index contributed by atoms with van der Waals surface area (Å²) in [6, 6.07) is 10.3. The summed E-state index contributed by atoms with van der Waals surface area (Å²) in [4.78, 5) is 0. The number of anilines is 1. The van der Waals surface area contributed by atoms with Gasteiger partial charge in [0.25, 0.3) is 0 Å². The average molecular weight is 310 g/mol. The molecule has 2 rings (SSSR count). The number of hydrogen-bond donors (Lipinski definition) is 1. The summed E-state index contributed by atoms with van der Waals surface area (Å²) >= 11 is 3.41. The molecule has 0 radical (unpaired) electrons. The molecule has 2 aromatic carbocycles. The SMILES string of the molecule is Cc1ccc(OCc2c(N)cccc2F)c(Br)c1. The van der Waals surface area contributed by atoms with Crippen LogP contribution in [0.25, 0.3) is 0 Å². The molecule has 0 aliphatic rings. The Kier molecular flexibility index (Phi) is 3.87. The second-order valence-corrected chi connectivity index (χ2v) is 4.88. The smallest absolute Gasteiger partial charge is 0.134 e. The van der Waals surface area contributed by atoms with Crippen LogP contribution in [-0.4, -0.2) is 0 Å². The van der Waals surface area contributed by atoms with Gasteiger partial charge in [-0.05, 0) is 52.7 Å². The molecule has 0 heterocycles. The fourth-order valence-electron chi connectivity index (χ4n) is 1.60. The molecule has 2 N–H and O–H groups in total. The van der Waals surface area contributed by atoms with Crippen LogP contribution in [0.4, 0.5) is 10.1 Å². The van der Waals surface area contributed by atoms with E-state index in [1.807, 2.05) is 25.1 Å². The lowest BCUT2D eigenvalue weighted by molar-refractivity contribution is 0.298. The van der Waals surface area contributed by atoms with E-state index >= 15 is 0 Å². The lowest BCUT2D eigenvalue weighted by Crippen LogP contribution is -2.03. The Morgan fingerprint density at radius 1 is 1.28 bits per heavy atom. The van der Waals surface area contributed by atoms with Crippen LogP contribution in [0.5, 0.6) is 5.75 Å². The van der Waals surface area contributed by atoms with Gasteiger partial charge < -0.3 is 10.5 Å². The van der Waals surface area contributed by atoms with Crippen LogP contribution in [0.15, 0.2) is 40.9 Å². The highest BCUT2D eigenvalue weighted by Gasteiger charge is 2.08. The van der Waals surface area contributed by atoms with Crippen LogP contribution >= 0.6 is 15.9 Å². The Hall–Kier alpha value is -1.55. The van der Waals surface area contributed by atoms with Crippen molar-refractivity contribution in [2.45, 2.75) is 13.5 Å². The number of aryl methyl sites for hydroxylation is 1. The molecule has 0 aliphatic heterocycles. The highest BCUT2D eigenvalue weighted by Crippen LogP contribution is 2.27. The first kappa shape index (κ1) is 12.9. The van der Waals surface area contributed by atoms with E-state index in [4.69, 9.17) is 10.5 Å². The van der Waals surface area contributed by atoms with E-state index < -0.39 is 0 Å². The van der Waals surface area contributed by atoms with Gasteiger partial charge in [-0.3, -0.25) is 0 Å². The van der Waals surface area contributed by atoms with Crippen molar-refractivity contribution in [2.75, 3.05) is 5.73 Å². The van der Waals surface area contributed by atoms with Gasteiger partial charge in [-0.1, -0.05) is 12.1 Å². The molecule has 0 bridgehead atoms. The number of nitrogens with two attached hydrogens (primary N) is 1. The van der Waals surface area contributed by atoms with Gasteiger partial charge in [-0.15, -0.1) is 0 Å². The lowest BCUT2D eigenvalue weighted by Gasteiger charge is -2.11. The summed E-state index contributed by atoms with van der Waals surface area (Å²) in [7, 11) is 0. The maximum atomic E-state index is 13.5. The minimum atomic E-state index is -0.349. The van der Waals surface area contributed by atoms with Gasteiger partial charge in [-0.2, -0.15) is 0 Å². The molecule has 4 heteroatoms. The number of rotatable bonds is 3. The summed E-state index contributed by atoms with van der Waals surface area (Å²) in [5, 5.41) is 0.